The van der Waals surface area contributed by atoms with Gasteiger partial charge in [-0.05, 0) is 75.6 Å². The van der Waals surface area contributed by atoms with Crippen LogP contribution in [0.15, 0.2) is 46.2 Å². The smallest absolute Gasteiger partial charge is 0.280 e. The van der Waals surface area contributed by atoms with E-state index in [-0.39, 0.29) is 11.6 Å². The summed E-state index contributed by atoms with van der Waals surface area (Å²) in [5.41, 5.74) is 0.116. The van der Waals surface area contributed by atoms with Gasteiger partial charge in [-0.15, -0.1) is 5.10 Å². The lowest BCUT2D eigenvalue weighted by Crippen LogP contribution is -2.49. The number of furan rings is 1. The van der Waals surface area contributed by atoms with Crippen molar-refractivity contribution in [1.82, 2.24) is 14.9 Å². The second-order valence-corrected chi connectivity index (χ2v) is 8.58. The first-order valence-corrected chi connectivity index (χ1v) is 10.1. The van der Waals surface area contributed by atoms with Crippen LogP contribution in [0, 0.1) is 6.92 Å². The van der Waals surface area contributed by atoms with Gasteiger partial charge in [0.25, 0.3) is 11.8 Å². The number of amides is 2. The highest BCUT2D eigenvalue weighted by molar-refractivity contribution is 7.03. The van der Waals surface area contributed by atoms with Crippen LogP contribution in [0.1, 0.15) is 48.8 Å². The van der Waals surface area contributed by atoms with Gasteiger partial charge in [0.2, 0.25) is 0 Å². The van der Waals surface area contributed by atoms with E-state index in [1.54, 1.807) is 43.3 Å². The molecular weight excluding hydrogens is 412 g/mol. The van der Waals surface area contributed by atoms with Gasteiger partial charge < -0.3 is 9.73 Å². The van der Waals surface area contributed by atoms with Crippen LogP contribution in [0.5, 0.6) is 0 Å². The fourth-order valence-corrected chi connectivity index (χ4v) is 3.33. The van der Waals surface area contributed by atoms with Gasteiger partial charge in [-0.2, -0.15) is 0 Å². The summed E-state index contributed by atoms with van der Waals surface area (Å²) in [4.78, 5) is 28.0. The molecule has 29 heavy (non-hydrogen) atoms. The van der Waals surface area contributed by atoms with Crippen LogP contribution in [-0.2, 0) is 4.79 Å². The van der Waals surface area contributed by atoms with E-state index in [2.05, 4.69) is 14.9 Å². The Bertz CT molecular complexity index is 994. The molecule has 1 aromatic carbocycles. The molecule has 0 spiro atoms. The first-order chi connectivity index (χ1) is 13.7. The topological polar surface area (TPSA) is 88.3 Å². The summed E-state index contributed by atoms with van der Waals surface area (Å²) >= 11 is 7.08. The van der Waals surface area contributed by atoms with E-state index in [9.17, 15) is 9.59 Å². The Kier molecular flexibility index (Phi) is 6.04. The molecule has 3 rings (SSSR count). The third-order valence-electron chi connectivity index (χ3n) is 3.94. The lowest BCUT2D eigenvalue weighted by Gasteiger charge is -2.32. The molecule has 2 aromatic heterocycles. The van der Waals surface area contributed by atoms with Gasteiger partial charge in [-0.25, -0.2) is 0 Å². The molecule has 2 heterocycles. The van der Waals surface area contributed by atoms with Gasteiger partial charge in [-0.1, -0.05) is 16.1 Å². The summed E-state index contributed by atoms with van der Waals surface area (Å²) in [5.74, 6) is 0.130. The molecule has 0 aliphatic heterocycles. The van der Waals surface area contributed by atoms with Gasteiger partial charge in [0.05, 0.1) is 0 Å². The number of nitrogens with one attached hydrogen (secondary N) is 1. The lowest BCUT2D eigenvalue weighted by atomic mass is 10.1. The van der Waals surface area contributed by atoms with E-state index in [1.165, 1.54) is 10.3 Å². The van der Waals surface area contributed by atoms with E-state index in [1.807, 2.05) is 20.8 Å². The molecular formula is C20H21ClN4O3S. The maximum atomic E-state index is 13.4. The average Bonchev–Trinajstić information content (AvgIpc) is 3.30. The van der Waals surface area contributed by atoms with Crippen LogP contribution in [0.4, 0.5) is 5.69 Å². The average molecular weight is 433 g/mol. The normalized spacial score (nSPS) is 12.4. The summed E-state index contributed by atoms with van der Waals surface area (Å²) in [6, 6.07) is 9.06. The summed E-state index contributed by atoms with van der Waals surface area (Å²) in [5, 5.41) is 8.87. The Morgan fingerprint density at radius 2 is 1.86 bits per heavy atom. The highest BCUT2D eigenvalue weighted by Crippen LogP contribution is 2.32. The molecule has 7 nitrogen and oxygen atoms in total. The van der Waals surface area contributed by atoms with Crippen LogP contribution < -0.4 is 10.2 Å². The highest BCUT2D eigenvalue weighted by Gasteiger charge is 2.37. The van der Waals surface area contributed by atoms with Crippen LogP contribution >= 0.6 is 23.1 Å². The summed E-state index contributed by atoms with van der Waals surface area (Å²) in [6.07, 6.45) is 0. The minimum atomic E-state index is -1.04. The van der Waals surface area contributed by atoms with Gasteiger partial charge in [0.1, 0.15) is 11.5 Å². The second-order valence-electron chi connectivity index (χ2n) is 7.53. The van der Waals surface area contributed by atoms with Crippen molar-refractivity contribution in [1.29, 1.82) is 0 Å². The Morgan fingerprint density at radius 3 is 2.38 bits per heavy atom. The van der Waals surface area contributed by atoms with Crippen molar-refractivity contribution in [3.05, 3.63) is 64.0 Å². The number of nitrogens with zero attached hydrogens (tertiary/aromatic N) is 3. The molecule has 0 fully saturated rings. The Balaban J connectivity index is 2.14. The molecule has 0 aliphatic rings. The molecule has 1 N–H and O–H groups in total. The van der Waals surface area contributed by atoms with Crippen molar-refractivity contribution < 1.29 is 14.0 Å². The molecule has 1 unspecified atom stereocenters. The number of rotatable bonds is 5. The third kappa shape index (κ3) is 5.02. The Hall–Kier alpha value is -2.71. The fourth-order valence-electron chi connectivity index (χ4n) is 2.78. The molecule has 0 aliphatic carbocycles. The second kappa shape index (κ2) is 8.34. The van der Waals surface area contributed by atoms with Gasteiger partial charge in [-0.3, -0.25) is 14.5 Å². The van der Waals surface area contributed by atoms with Crippen molar-refractivity contribution in [3.8, 4) is 0 Å². The summed E-state index contributed by atoms with van der Waals surface area (Å²) in [7, 11) is 0. The number of carbonyl (C=O) groups is 2. The van der Waals surface area contributed by atoms with Crippen LogP contribution in [0.25, 0.3) is 0 Å². The van der Waals surface area contributed by atoms with E-state index in [0.717, 1.165) is 11.5 Å². The number of aryl methyl sites for hydroxylation is 1. The predicted molar refractivity (Wildman–Crippen MR) is 112 cm³/mol. The maximum Gasteiger partial charge on any atom is 0.280 e. The third-order valence-corrected chi connectivity index (χ3v) is 4.69. The van der Waals surface area contributed by atoms with Crippen molar-refractivity contribution in [2.24, 2.45) is 0 Å². The molecule has 0 saturated carbocycles. The zero-order chi connectivity index (χ0) is 21.2. The minimum absolute atomic E-state index is 0.141. The zero-order valence-corrected chi connectivity index (χ0v) is 18.0. The number of aromatic nitrogens is 2. The quantitative estimate of drug-likeness (QED) is 0.645. The monoisotopic (exact) mass is 432 g/mol. The fraction of sp³-hybridized carbons (Fsp3) is 0.300. The van der Waals surface area contributed by atoms with Crippen LogP contribution in [0.2, 0.25) is 5.02 Å². The molecule has 2 amide bonds. The molecule has 0 radical (unpaired) electrons. The first kappa shape index (κ1) is 21.0. The lowest BCUT2D eigenvalue weighted by molar-refractivity contribution is -0.124. The van der Waals surface area contributed by atoms with Gasteiger partial charge >= 0.3 is 0 Å². The number of anilines is 1. The Morgan fingerprint density at radius 1 is 1.17 bits per heavy atom. The number of halogens is 1. The molecule has 0 bridgehead atoms. The maximum absolute atomic E-state index is 13.4. The van der Waals surface area contributed by atoms with Crippen molar-refractivity contribution in [2.45, 2.75) is 39.3 Å². The van der Waals surface area contributed by atoms with E-state index in [0.29, 0.717) is 22.2 Å². The number of carbonyl (C=O) groups excluding carboxylic acids is 2. The summed E-state index contributed by atoms with van der Waals surface area (Å²) < 4.78 is 9.53. The molecule has 0 saturated heterocycles. The van der Waals surface area contributed by atoms with Crippen molar-refractivity contribution >= 4 is 40.6 Å². The number of hydrogen-bond donors (Lipinski definition) is 1. The summed E-state index contributed by atoms with van der Waals surface area (Å²) in [6.45, 7) is 7.39. The van der Waals surface area contributed by atoms with Crippen molar-refractivity contribution in [2.75, 3.05) is 4.90 Å². The standard InChI is InChI=1S/C20H21ClN4O3S/c1-12-5-10-16(28-12)17(18(26)22-20(2,3)4)25(14-8-6-13(21)7-9-14)19(27)15-11-29-24-23-15/h5-11,17H,1-4H3,(H,22,26). The molecule has 152 valence electrons. The van der Waals surface area contributed by atoms with Crippen molar-refractivity contribution in [3.63, 3.8) is 0 Å². The Labute approximate surface area is 177 Å². The molecule has 9 heteroatoms. The largest absolute Gasteiger partial charge is 0.464 e. The molecule has 3 aromatic rings. The number of benzene rings is 1. The van der Waals surface area contributed by atoms with E-state index in [4.69, 9.17) is 16.0 Å². The molecule has 1 atom stereocenters. The SMILES string of the molecule is Cc1ccc(C(C(=O)NC(C)(C)C)N(C(=O)c2csnn2)c2ccc(Cl)cc2)o1. The van der Waals surface area contributed by atoms with E-state index < -0.39 is 17.5 Å². The van der Waals surface area contributed by atoms with Crippen LogP contribution in [-0.4, -0.2) is 26.9 Å². The minimum Gasteiger partial charge on any atom is -0.464 e. The van der Waals surface area contributed by atoms with E-state index >= 15 is 0 Å². The van der Waals surface area contributed by atoms with Gasteiger partial charge in [0.15, 0.2) is 11.7 Å². The highest BCUT2D eigenvalue weighted by atomic mass is 35.5. The van der Waals surface area contributed by atoms with Crippen LogP contribution in [0.3, 0.4) is 0 Å². The van der Waals surface area contributed by atoms with Gasteiger partial charge in [0, 0.05) is 21.6 Å². The zero-order valence-electron chi connectivity index (χ0n) is 16.5. The first-order valence-electron chi connectivity index (χ1n) is 8.90. The number of hydrogen-bond acceptors (Lipinski definition) is 6. The predicted octanol–water partition coefficient (Wildman–Crippen LogP) is 4.40.